The number of carbonyl (C=O) groups excluding carboxylic acids is 2. The first kappa shape index (κ1) is 31.3. The molecule has 6 rings (SSSR count). The van der Waals surface area contributed by atoms with Crippen molar-refractivity contribution in [2.45, 2.75) is 48.4 Å². The van der Waals surface area contributed by atoms with Gasteiger partial charge >= 0.3 is 5.97 Å². The second kappa shape index (κ2) is 12.6. The number of sulfone groups is 1. The molecule has 1 saturated carbocycles. The van der Waals surface area contributed by atoms with Crippen molar-refractivity contribution in [1.82, 2.24) is 9.88 Å². The summed E-state index contributed by atoms with van der Waals surface area (Å²) in [5.41, 5.74) is 7.42. The number of carbonyl (C=O) groups is 2. The quantitative estimate of drug-likeness (QED) is 0.222. The highest BCUT2D eigenvalue weighted by atomic mass is 32.2. The molecule has 0 unspecified atom stereocenters. The van der Waals surface area contributed by atoms with Crippen molar-refractivity contribution < 1.29 is 31.9 Å². The Kier molecular flexibility index (Phi) is 8.56. The first-order valence-corrected chi connectivity index (χ1v) is 16.7. The molecule has 0 spiro atoms. The largest absolute Gasteiger partial charge is 0.494 e. The number of benzene rings is 3. The Morgan fingerprint density at radius 1 is 1.09 bits per heavy atom. The third-order valence-electron chi connectivity index (χ3n) is 8.64. The molecule has 1 saturated heterocycles. The highest BCUT2D eigenvalue weighted by Gasteiger charge is 2.48. The number of ether oxygens (including phenoxy) is 2. The van der Waals surface area contributed by atoms with Gasteiger partial charge in [-0.3, -0.25) is 9.59 Å². The predicted octanol–water partition coefficient (Wildman–Crippen LogP) is 5.21. The van der Waals surface area contributed by atoms with Gasteiger partial charge in [-0.25, -0.2) is 17.8 Å². The van der Waals surface area contributed by atoms with Crippen LogP contribution in [-0.4, -0.2) is 55.7 Å². The van der Waals surface area contributed by atoms with Crippen LogP contribution in [0.15, 0.2) is 77.8 Å². The van der Waals surface area contributed by atoms with Gasteiger partial charge in [-0.1, -0.05) is 24.3 Å². The van der Waals surface area contributed by atoms with E-state index in [-0.39, 0.29) is 30.2 Å². The number of nitrogen functional groups attached to an aromatic ring is 1. The number of fused-ring (bicyclic) bond motifs is 1. The number of amides is 1. The van der Waals surface area contributed by atoms with Gasteiger partial charge in [0.1, 0.15) is 11.9 Å². The van der Waals surface area contributed by atoms with Crippen LogP contribution >= 0.6 is 0 Å². The van der Waals surface area contributed by atoms with E-state index in [0.29, 0.717) is 35.5 Å². The van der Waals surface area contributed by atoms with Crippen LogP contribution in [0.3, 0.4) is 0 Å². The number of likely N-dealkylation sites (tertiary alicyclic amines) is 1. The number of methoxy groups -OCH3 is 1. The molecule has 0 bridgehead atoms. The summed E-state index contributed by atoms with van der Waals surface area (Å²) in [6.07, 6.45) is 3.00. The molecule has 1 aliphatic carbocycles. The molecule has 4 aromatic rings. The lowest BCUT2D eigenvalue weighted by Crippen LogP contribution is -2.40. The van der Waals surface area contributed by atoms with Gasteiger partial charge in [0, 0.05) is 23.8 Å². The minimum absolute atomic E-state index is 0.0438. The highest BCUT2D eigenvalue weighted by molar-refractivity contribution is 7.92. The molecule has 3 atom stereocenters. The number of nitrogens with one attached hydrogen (secondary N) is 1. The summed E-state index contributed by atoms with van der Waals surface area (Å²) in [5.74, 6) is -2.00. The van der Waals surface area contributed by atoms with E-state index >= 15 is 0 Å². The fraction of sp³-hybridized carbons (Fsp3) is 0.324. The Morgan fingerprint density at radius 3 is 2.61 bits per heavy atom. The third kappa shape index (κ3) is 5.84. The van der Waals surface area contributed by atoms with Crippen molar-refractivity contribution in [3.05, 3.63) is 89.9 Å². The van der Waals surface area contributed by atoms with Gasteiger partial charge in [0.2, 0.25) is 5.91 Å². The van der Waals surface area contributed by atoms with E-state index < -0.39 is 50.8 Å². The van der Waals surface area contributed by atoms with Gasteiger partial charge in [-0.05, 0) is 85.2 Å². The Bertz CT molecular complexity index is 1920. The lowest BCUT2D eigenvalue weighted by Gasteiger charge is -2.33. The van der Waals surface area contributed by atoms with Crippen molar-refractivity contribution in [3.63, 3.8) is 0 Å². The van der Waals surface area contributed by atoms with E-state index in [2.05, 4.69) is 10.3 Å². The van der Waals surface area contributed by atoms with Crippen LogP contribution in [0.4, 0.5) is 15.9 Å². The minimum atomic E-state index is -3.68. The fourth-order valence-electron chi connectivity index (χ4n) is 6.23. The molecule has 12 heteroatoms. The smallest absolute Gasteiger partial charge is 0.311 e. The van der Waals surface area contributed by atoms with Crippen LogP contribution in [0.25, 0.3) is 10.8 Å². The Labute approximate surface area is 266 Å². The minimum Gasteiger partial charge on any atom is -0.494 e. The molecule has 3 N–H and O–H groups in total. The Hall–Kier alpha value is -4.71. The van der Waals surface area contributed by atoms with E-state index in [1.807, 2.05) is 6.07 Å². The third-order valence-corrected chi connectivity index (χ3v) is 11.0. The molecule has 1 aliphatic heterocycles. The molecule has 2 fully saturated rings. The van der Waals surface area contributed by atoms with Crippen molar-refractivity contribution in [2.75, 3.05) is 31.3 Å². The molecule has 46 heavy (non-hydrogen) atoms. The number of anilines is 2. The van der Waals surface area contributed by atoms with E-state index in [1.165, 1.54) is 25.3 Å². The molecule has 0 radical (unpaired) electrons. The molecule has 3 aromatic carbocycles. The maximum Gasteiger partial charge on any atom is 0.311 e. The molecule has 1 amide bonds. The topological polar surface area (TPSA) is 141 Å². The van der Waals surface area contributed by atoms with E-state index in [1.54, 1.807) is 60.5 Å². The van der Waals surface area contributed by atoms with E-state index in [4.69, 9.17) is 15.2 Å². The second-order valence-corrected chi connectivity index (χ2v) is 13.7. The Balaban J connectivity index is 1.45. The first-order chi connectivity index (χ1) is 22.1. The van der Waals surface area contributed by atoms with Crippen LogP contribution in [0.2, 0.25) is 0 Å². The standard InChI is InChI=1S/C34H35FN4O6S/c1-3-45-34(41)26-15-17-39(31(26)25-6-4-5-7-29(25)46(42,43)23-10-11-23)33(40)30(21-8-13-27(35)28(19-21)44-2)38-22-9-12-24-20(18-22)14-16-37-32(24)36/h4-9,12-14,16,18-19,23,26,30-31,38H,3,10-11,15,17H2,1-2H3,(H2,36,37)/t26-,30-,31+/m1/s1. The van der Waals surface area contributed by atoms with Gasteiger partial charge in [-0.15, -0.1) is 0 Å². The van der Waals surface area contributed by atoms with Crippen molar-refractivity contribution in [2.24, 2.45) is 5.92 Å². The molecular weight excluding hydrogens is 611 g/mol. The van der Waals surface area contributed by atoms with Gasteiger partial charge in [0.05, 0.1) is 35.8 Å². The van der Waals surface area contributed by atoms with Crippen LogP contribution in [0.5, 0.6) is 5.75 Å². The first-order valence-electron chi connectivity index (χ1n) is 15.2. The van der Waals surface area contributed by atoms with Crippen LogP contribution in [0.1, 0.15) is 49.4 Å². The number of esters is 1. The van der Waals surface area contributed by atoms with Crippen LogP contribution in [0, 0.1) is 11.7 Å². The second-order valence-electron chi connectivity index (χ2n) is 11.5. The number of rotatable bonds is 10. The normalized spacial score (nSPS) is 18.7. The predicted molar refractivity (Wildman–Crippen MR) is 171 cm³/mol. The lowest BCUT2D eigenvalue weighted by molar-refractivity contribution is -0.149. The molecule has 10 nitrogen and oxygen atoms in total. The molecule has 2 heterocycles. The molecule has 1 aromatic heterocycles. The van der Waals surface area contributed by atoms with Gasteiger partial charge < -0.3 is 25.4 Å². The van der Waals surface area contributed by atoms with E-state index in [9.17, 15) is 22.4 Å². The summed E-state index contributed by atoms with van der Waals surface area (Å²) in [6, 6.07) is 15.9. The van der Waals surface area contributed by atoms with Crippen molar-refractivity contribution >= 4 is 44.0 Å². The zero-order valence-electron chi connectivity index (χ0n) is 25.5. The number of halogens is 1. The van der Waals surface area contributed by atoms with Gasteiger partial charge in [0.15, 0.2) is 21.4 Å². The van der Waals surface area contributed by atoms with Crippen LogP contribution in [-0.2, 0) is 24.2 Å². The number of hydrogen-bond donors (Lipinski definition) is 2. The van der Waals surface area contributed by atoms with Gasteiger partial charge in [-0.2, -0.15) is 0 Å². The average molecular weight is 647 g/mol. The summed E-state index contributed by atoms with van der Waals surface area (Å²) in [4.78, 5) is 33.9. The number of hydrogen-bond acceptors (Lipinski definition) is 9. The number of pyridine rings is 1. The number of nitrogens with two attached hydrogens (primary N) is 1. The highest BCUT2D eigenvalue weighted by Crippen LogP contribution is 2.45. The average Bonchev–Trinajstić information content (AvgIpc) is 3.83. The molecule has 2 aliphatic rings. The summed E-state index contributed by atoms with van der Waals surface area (Å²) in [7, 11) is -2.34. The van der Waals surface area contributed by atoms with Gasteiger partial charge in [0.25, 0.3) is 0 Å². The lowest BCUT2D eigenvalue weighted by atomic mass is 9.93. The maximum atomic E-state index is 14.8. The fourth-order valence-corrected chi connectivity index (χ4v) is 8.13. The molecular formula is C34H35FN4O6S. The maximum absolute atomic E-state index is 14.8. The molecule has 240 valence electrons. The zero-order chi connectivity index (χ0) is 32.6. The number of aromatic nitrogens is 1. The zero-order valence-corrected chi connectivity index (χ0v) is 26.3. The summed E-state index contributed by atoms with van der Waals surface area (Å²) in [5, 5.41) is 4.35. The summed E-state index contributed by atoms with van der Waals surface area (Å²) >= 11 is 0. The number of nitrogens with zero attached hydrogens (tertiary/aromatic N) is 2. The van der Waals surface area contributed by atoms with Crippen LogP contribution < -0.4 is 15.8 Å². The SMILES string of the molecule is CCOC(=O)[C@@H]1CCN(C(=O)[C@H](Nc2ccc3c(N)nccc3c2)c2ccc(F)c(OC)c2)[C@H]1c1ccccc1S(=O)(=O)C1CC1. The van der Waals surface area contributed by atoms with Crippen molar-refractivity contribution in [1.29, 1.82) is 0 Å². The monoisotopic (exact) mass is 646 g/mol. The summed E-state index contributed by atoms with van der Waals surface area (Å²) in [6.45, 7) is 2.01. The summed E-state index contributed by atoms with van der Waals surface area (Å²) < 4.78 is 52.3. The van der Waals surface area contributed by atoms with Crippen molar-refractivity contribution in [3.8, 4) is 5.75 Å². The Morgan fingerprint density at radius 2 is 1.87 bits per heavy atom. The van der Waals surface area contributed by atoms with E-state index in [0.717, 1.165) is 10.8 Å².